The van der Waals surface area contributed by atoms with Crippen LogP contribution in [-0.2, 0) is 11.2 Å². The molecule has 2 rings (SSSR count). The van der Waals surface area contributed by atoms with Crippen molar-refractivity contribution in [3.05, 3.63) is 35.4 Å². The van der Waals surface area contributed by atoms with Crippen LogP contribution in [-0.4, -0.2) is 25.5 Å². The van der Waals surface area contributed by atoms with E-state index in [-0.39, 0.29) is 5.91 Å². The Labute approximate surface area is 122 Å². The summed E-state index contributed by atoms with van der Waals surface area (Å²) in [5.41, 5.74) is 2.54. The molecule has 0 aromatic heterocycles. The fraction of sp³-hybridized carbons (Fsp3) is 0.588. The predicted octanol–water partition coefficient (Wildman–Crippen LogP) is 2.29. The second-order valence-electron chi connectivity index (χ2n) is 5.96. The summed E-state index contributed by atoms with van der Waals surface area (Å²) >= 11 is 0. The molecule has 0 aliphatic carbocycles. The minimum absolute atomic E-state index is 0.172. The summed E-state index contributed by atoms with van der Waals surface area (Å²) in [5, 5.41) is 6.50. The van der Waals surface area contributed by atoms with E-state index in [1.807, 2.05) is 12.1 Å². The molecular weight excluding hydrogens is 248 g/mol. The first-order valence-corrected chi connectivity index (χ1v) is 7.68. The van der Waals surface area contributed by atoms with Gasteiger partial charge in [0, 0.05) is 13.0 Å². The molecule has 1 saturated heterocycles. The minimum Gasteiger partial charge on any atom is -0.356 e. The summed E-state index contributed by atoms with van der Waals surface area (Å²) in [4.78, 5) is 11.9. The van der Waals surface area contributed by atoms with Crippen LogP contribution in [0.2, 0.25) is 0 Å². The summed E-state index contributed by atoms with van der Waals surface area (Å²) in [6.45, 7) is 7.33. The van der Waals surface area contributed by atoms with E-state index in [0.717, 1.165) is 26.1 Å². The van der Waals surface area contributed by atoms with E-state index in [9.17, 15) is 4.79 Å². The van der Waals surface area contributed by atoms with Crippen LogP contribution in [0.5, 0.6) is 0 Å². The van der Waals surface area contributed by atoms with Crippen LogP contribution in [0.1, 0.15) is 30.9 Å². The Kier molecular flexibility index (Phi) is 5.60. The van der Waals surface area contributed by atoms with Gasteiger partial charge < -0.3 is 10.6 Å². The van der Waals surface area contributed by atoms with Gasteiger partial charge in [-0.25, -0.2) is 0 Å². The van der Waals surface area contributed by atoms with Crippen molar-refractivity contribution in [2.24, 2.45) is 11.8 Å². The number of carbonyl (C=O) groups excluding carboxylic acids is 1. The molecule has 1 fully saturated rings. The lowest BCUT2D eigenvalue weighted by atomic mass is 9.88. The monoisotopic (exact) mass is 274 g/mol. The zero-order valence-corrected chi connectivity index (χ0v) is 12.6. The van der Waals surface area contributed by atoms with Crippen molar-refractivity contribution < 1.29 is 4.79 Å². The zero-order chi connectivity index (χ0) is 14.4. The maximum atomic E-state index is 11.9. The SMILES string of the molecule is Cc1ccccc1CCC(=O)NCC1CNCCC1C. The molecule has 3 heteroatoms. The van der Waals surface area contributed by atoms with Gasteiger partial charge in [-0.05, 0) is 55.8 Å². The summed E-state index contributed by atoms with van der Waals surface area (Å²) in [6.07, 6.45) is 2.63. The second-order valence-corrected chi connectivity index (χ2v) is 5.96. The maximum absolute atomic E-state index is 11.9. The number of piperidine rings is 1. The Morgan fingerprint density at radius 1 is 1.40 bits per heavy atom. The second kappa shape index (κ2) is 7.44. The third kappa shape index (κ3) is 4.34. The number of nitrogens with one attached hydrogen (secondary N) is 2. The molecule has 3 nitrogen and oxygen atoms in total. The number of amides is 1. The molecule has 0 saturated carbocycles. The Balaban J connectivity index is 1.71. The average molecular weight is 274 g/mol. The number of benzene rings is 1. The van der Waals surface area contributed by atoms with E-state index in [2.05, 4.69) is 36.6 Å². The van der Waals surface area contributed by atoms with Crippen LogP contribution in [0.4, 0.5) is 0 Å². The molecule has 2 N–H and O–H groups in total. The molecule has 0 spiro atoms. The van der Waals surface area contributed by atoms with Crippen molar-refractivity contribution in [1.82, 2.24) is 10.6 Å². The quantitative estimate of drug-likeness (QED) is 0.865. The van der Waals surface area contributed by atoms with E-state index in [4.69, 9.17) is 0 Å². The molecule has 110 valence electrons. The van der Waals surface area contributed by atoms with Gasteiger partial charge in [-0.3, -0.25) is 4.79 Å². The van der Waals surface area contributed by atoms with Crippen molar-refractivity contribution in [3.8, 4) is 0 Å². The molecule has 1 amide bonds. The van der Waals surface area contributed by atoms with Crippen LogP contribution in [0, 0.1) is 18.8 Å². The lowest BCUT2D eigenvalue weighted by Gasteiger charge is -2.29. The van der Waals surface area contributed by atoms with E-state index in [0.29, 0.717) is 18.3 Å². The highest BCUT2D eigenvalue weighted by atomic mass is 16.1. The van der Waals surface area contributed by atoms with Gasteiger partial charge in [-0.1, -0.05) is 31.2 Å². The first-order valence-electron chi connectivity index (χ1n) is 7.68. The molecular formula is C17H26N2O. The molecule has 2 atom stereocenters. The molecule has 1 heterocycles. The lowest BCUT2D eigenvalue weighted by molar-refractivity contribution is -0.121. The highest BCUT2D eigenvalue weighted by molar-refractivity contribution is 5.76. The van der Waals surface area contributed by atoms with E-state index in [1.165, 1.54) is 17.5 Å². The van der Waals surface area contributed by atoms with Crippen LogP contribution in [0.15, 0.2) is 24.3 Å². The van der Waals surface area contributed by atoms with Gasteiger partial charge in [-0.15, -0.1) is 0 Å². The molecule has 1 aliphatic rings. The molecule has 1 aliphatic heterocycles. The van der Waals surface area contributed by atoms with Crippen LogP contribution in [0.25, 0.3) is 0 Å². The van der Waals surface area contributed by atoms with Crippen LogP contribution in [0.3, 0.4) is 0 Å². The summed E-state index contributed by atoms with van der Waals surface area (Å²) < 4.78 is 0. The van der Waals surface area contributed by atoms with Gasteiger partial charge in [-0.2, -0.15) is 0 Å². The van der Waals surface area contributed by atoms with Gasteiger partial charge in [0.1, 0.15) is 0 Å². The van der Waals surface area contributed by atoms with Gasteiger partial charge in [0.05, 0.1) is 0 Å². The number of rotatable bonds is 5. The Morgan fingerprint density at radius 2 is 2.20 bits per heavy atom. The van der Waals surface area contributed by atoms with Crippen molar-refractivity contribution in [1.29, 1.82) is 0 Å². The first-order chi connectivity index (χ1) is 9.66. The highest BCUT2D eigenvalue weighted by Gasteiger charge is 2.21. The molecule has 0 bridgehead atoms. The number of hydrogen-bond acceptors (Lipinski definition) is 2. The van der Waals surface area contributed by atoms with Crippen LogP contribution < -0.4 is 10.6 Å². The topological polar surface area (TPSA) is 41.1 Å². The van der Waals surface area contributed by atoms with Gasteiger partial charge in [0.2, 0.25) is 5.91 Å². The fourth-order valence-corrected chi connectivity index (χ4v) is 2.80. The zero-order valence-electron chi connectivity index (χ0n) is 12.6. The van der Waals surface area contributed by atoms with Crippen LogP contribution >= 0.6 is 0 Å². The number of carbonyl (C=O) groups is 1. The smallest absolute Gasteiger partial charge is 0.220 e. The Bertz CT molecular complexity index is 444. The predicted molar refractivity (Wildman–Crippen MR) is 82.7 cm³/mol. The summed E-state index contributed by atoms with van der Waals surface area (Å²) in [6, 6.07) is 8.28. The van der Waals surface area contributed by atoms with E-state index < -0.39 is 0 Å². The average Bonchev–Trinajstić information content (AvgIpc) is 2.45. The van der Waals surface area contributed by atoms with Crippen molar-refractivity contribution in [2.45, 2.75) is 33.1 Å². The molecule has 2 unspecified atom stereocenters. The van der Waals surface area contributed by atoms with Crippen molar-refractivity contribution in [3.63, 3.8) is 0 Å². The van der Waals surface area contributed by atoms with E-state index >= 15 is 0 Å². The van der Waals surface area contributed by atoms with Crippen molar-refractivity contribution in [2.75, 3.05) is 19.6 Å². The van der Waals surface area contributed by atoms with Gasteiger partial charge >= 0.3 is 0 Å². The number of aryl methyl sites for hydroxylation is 2. The summed E-state index contributed by atoms with van der Waals surface area (Å²) in [7, 11) is 0. The molecule has 1 aromatic carbocycles. The summed E-state index contributed by atoms with van der Waals surface area (Å²) in [5.74, 6) is 1.45. The Hall–Kier alpha value is -1.35. The standard InChI is InChI=1S/C17H26N2O/c1-13-5-3-4-6-15(13)7-8-17(20)19-12-16-11-18-10-9-14(16)2/h3-6,14,16,18H,7-12H2,1-2H3,(H,19,20). The Morgan fingerprint density at radius 3 is 2.95 bits per heavy atom. The number of hydrogen-bond donors (Lipinski definition) is 2. The van der Waals surface area contributed by atoms with E-state index in [1.54, 1.807) is 0 Å². The minimum atomic E-state index is 0.172. The third-order valence-electron chi connectivity index (χ3n) is 4.43. The normalized spacial score (nSPS) is 22.5. The lowest BCUT2D eigenvalue weighted by Crippen LogP contribution is -2.42. The van der Waals surface area contributed by atoms with Gasteiger partial charge in [0.15, 0.2) is 0 Å². The highest BCUT2D eigenvalue weighted by Crippen LogP contribution is 2.17. The fourth-order valence-electron chi connectivity index (χ4n) is 2.80. The molecule has 1 aromatic rings. The largest absolute Gasteiger partial charge is 0.356 e. The third-order valence-corrected chi connectivity index (χ3v) is 4.43. The molecule has 0 radical (unpaired) electrons. The maximum Gasteiger partial charge on any atom is 0.220 e. The molecule has 20 heavy (non-hydrogen) atoms. The van der Waals surface area contributed by atoms with Crippen molar-refractivity contribution >= 4 is 5.91 Å². The first kappa shape index (κ1) is 15.0. The van der Waals surface area contributed by atoms with Gasteiger partial charge in [0.25, 0.3) is 0 Å².